The number of ether oxygens (including phenoxy) is 1. The zero-order chi connectivity index (χ0) is 15.2. The molecule has 0 unspecified atom stereocenters. The van der Waals surface area contributed by atoms with Gasteiger partial charge in [0.05, 0.1) is 13.7 Å². The number of hydrogen-bond acceptors (Lipinski definition) is 4. The van der Waals surface area contributed by atoms with Crippen LogP contribution in [0.25, 0.3) is 0 Å². The van der Waals surface area contributed by atoms with Gasteiger partial charge in [0, 0.05) is 16.8 Å². The molecule has 0 aromatic heterocycles. The first-order valence-corrected chi connectivity index (χ1v) is 6.78. The highest BCUT2D eigenvalue weighted by atomic mass is 35.5. The molecule has 0 aliphatic carbocycles. The maximum Gasteiger partial charge on any atom is 0.119 e. The van der Waals surface area contributed by atoms with Crippen LogP contribution in [0.5, 0.6) is 5.75 Å². The number of methoxy groups -OCH3 is 1. The fourth-order valence-electron chi connectivity index (χ4n) is 1.96. The van der Waals surface area contributed by atoms with Gasteiger partial charge in [-0.15, -0.1) is 4.91 Å². The zero-order valence-electron chi connectivity index (χ0n) is 11.8. The molecule has 108 valence electrons. The van der Waals surface area contributed by atoms with E-state index in [1.54, 1.807) is 32.4 Å². The Bertz CT molecular complexity index is 667. The third-order valence-electron chi connectivity index (χ3n) is 3.05. The summed E-state index contributed by atoms with van der Waals surface area (Å²) < 4.78 is 5.10. The van der Waals surface area contributed by atoms with Crippen LogP contribution in [0.2, 0.25) is 5.02 Å². The molecular weight excluding hydrogens is 288 g/mol. The van der Waals surface area contributed by atoms with Crippen LogP contribution in [-0.4, -0.2) is 13.3 Å². The Hall–Kier alpha value is -2.20. The molecule has 0 aliphatic heterocycles. The van der Waals surface area contributed by atoms with Crippen molar-refractivity contribution in [2.24, 2.45) is 10.2 Å². The summed E-state index contributed by atoms with van der Waals surface area (Å²) in [5, 5.41) is 3.60. The van der Waals surface area contributed by atoms with Crippen molar-refractivity contribution in [1.82, 2.24) is 0 Å². The predicted molar refractivity (Wildman–Crippen MR) is 85.9 cm³/mol. The van der Waals surface area contributed by atoms with Crippen molar-refractivity contribution in [2.75, 3.05) is 7.11 Å². The summed E-state index contributed by atoms with van der Waals surface area (Å²) in [6.07, 6.45) is 1.62. The summed E-state index contributed by atoms with van der Waals surface area (Å²) in [7, 11) is 1.63. The summed E-state index contributed by atoms with van der Waals surface area (Å²) in [4.78, 5) is 15.2. The van der Waals surface area contributed by atoms with E-state index in [1.807, 2.05) is 24.3 Å². The summed E-state index contributed by atoms with van der Waals surface area (Å²) in [6.45, 7) is 2.30. The molecule has 5 heteroatoms. The SMILES string of the molecule is COc1ccc(C/N=C/c2cc(Cl)cc(C)c2N=O)cc1. The highest BCUT2D eigenvalue weighted by molar-refractivity contribution is 6.31. The molecule has 2 rings (SSSR count). The van der Waals surface area contributed by atoms with Crippen molar-refractivity contribution in [3.63, 3.8) is 0 Å². The highest BCUT2D eigenvalue weighted by Gasteiger charge is 2.06. The molecule has 2 aromatic carbocycles. The quantitative estimate of drug-likeness (QED) is 0.595. The number of nitroso groups, excluding NO2 is 1. The van der Waals surface area contributed by atoms with Crippen molar-refractivity contribution in [1.29, 1.82) is 0 Å². The van der Waals surface area contributed by atoms with Gasteiger partial charge in [-0.3, -0.25) is 4.99 Å². The van der Waals surface area contributed by atoms with E-state index < -0.39 is 0 Å². The normalized spacial score (nSPS) is 10.8. The summed E-state index contributed by atoms with van der Waals surface area (Å²) >= 11 is 5.99. The molecule has 0 N–H and O–H groups in total. The second-order valence-corrected chi connectivity index (χ2v) is 5.01. The van der Waals surface area contributed by atoms with Gasteiger partial charge in [0.1, 0.15) is 11.4 Å². The van der Waals surface area contributed by atoms with Gasteiger partial charge in [0.2, 0.25) is 0 Å². The lowest BCUT2D eigenvalue weighted by Crippen LogP contribution is -1.89. The molecule has 21 heavy (non-hydrogen) atoms. The largest absolute Gasteiger partial charge is 0.497 e. The molecule has 0 bridgehead atoms. The summed E-state index contributed by atoms with van der Waals surface area (Å²) in [6, 6.07) is 11.0. The molecule has 0 spiro atoms. The smallest absolute Gasteiger partial charge is 0.119 e. The Labute approximate surface area is 128 Å². The third kappa shape index (κ3) is 3.89. The Kier molecular flexibility index (Phi) is 5.06. The van der Waals surface area contributed by atoms with E-state index in [0.717, 1.165) is 16.9 Å². The Morgan fingerprint density at radius 2 is 1.95 bits per heavy atom. The maximum atomic E-state index is 10.9. The van der Waals surface area contributed by atoms with Gasteiger partial charge in [-0.1, -0.05) is 23.7 Å². The van der Waals surface area contributed by atoms with Crippen LogP contribution in [0.15, 0.2) is 46.6 Å². The summed E-state index contributed by atoms with van der Waals surface area (Å²) in [5.74, 6) is 0.806. The Morgan fingerprint density at radius 3 is 2.57 bits per heavy atom. The van der Waals surface area contributed by atoms with Crippen LogP contribution >= 0.6 is 11.6 Å². The standard InChI is InChI=1S/C16H15ClN2O2/c1-11-7-14(17)8-13(16(11)19-20)10-18-9-12-3-5-15(21-2)6-4-12/h3-8,10H,9H2,1-2H3/b18-10+. The van der Waals surface area contributed by atoms with Crippen LogP contribution in [0, 0.1) is 11.8 Å². The fourth-order valence-corrected chi connectivity index (χ4v) is 2.25. The first-order valence-electron chi connectivity index (χ1n) is 6.40. The number of rotatable bonds is 5. The van der Waals surface area contributed by atoms with Crippen LogP contribution in [0.1, 0.15) is 16.7 Å². The molecule has 0 aliphatic rings. The molecule has 0 saturated carbocycles. The minimum absolute atomic E-state index is 0.373. The van der Waals surface area contributed by atoms with Crippen molar-refractivity contribution < 1.29 is 4.74 Å². The van der Waals surface area contributed by atoms with Crippen molar-refractivity contribution in [3.05, 3.63) is 63.0 Å². The van der Waals surface area contributed by atoms with Crippen molar-refractivity contribution in [2.45, 2.75) is 13.5 Å². The molecule has 0 radical (unpaired) electrons. The van der Waals surface area contributed by atoms with Crippen LogP contribution in [0.4, 0.5) is 5.69 Å². The lowest BCUT2D eigenvalue weighted by atomic mass is 10.1. The van der Waals surface area contributed by atoms with E-state index in [0.29, 0.717) is 22.8 Å². The average Bonchev–Trinajstić information content (AvgIpc) is 2.47. The number of nitrogens with zero attached hydrogens (tertiary/aromatic N) is 2. The van der Waals surface area contributed by atoms with Gasteiger partial charge in [0.25, 0.3) is 0 Å². The first-order chi connectivity index (χ1) is 10.1. The molecule has 0 saturated heterocycles. The monoisotopic (exact) mass is 302 g/mol. The fraction of sp³-hybridized carbons (Fsp3) is 0.188. The van der Waals surface area contributed by atoms with Gasteiger partial charge >= 0.3 is 0 Å². The zero-order valence-corrected chi connectivity index (χ0v) is 12.6. The Morgan fingerprint density at radius 1 is 1.24 bits per heavy atom. The van der Waals surface area contributed by atoms with E-state index in [2.05, 4.69) is 10.2 Å². The molecule has 4 nitrogen and oxygen atoms in total. The highest BCUT2D eigenvalue weighted by Crippen LogP contribution is 2.26. The molecule has 2 aromatic rings. The lowest BCUT2D eigenvalue weighted by molar-refractivity contribution is 0.414. The van der Waals surface area contributed by atoms with Gasteiger partial charge in [-0.25, -0.2) is 0 Å². The van der Waals surface area contributed by atoms with Gasteiger partial charge in [-0.05, 0) is 47.5 Å². The third-order valence-corrected chi connectivity index (χ3v) is 3.27. The van der Waals surface area contributed by atoms with Crippen molar-refractivity contribution in [3.8, 4) is 5.75 Å². The second-order valence-electron chi connectivity index (χ2n) is 4.57. The number of halogens is 1. The van der Waals surface area contributed by atoms with E-state index >= 15 is 0 Å². The van der Waals surface area contributed by atoms with Gasteiger partial charge in [-0.2, -0.15) is 0 Å². The minimum Gasteiger partial charge on any atom is -0.497 e. The number of aryl methyl sites for hydroxylation is 1. The predicted octanol–water partition coefficient (Wildman–Crippen LogP) is 4.67. The average molecular weight is 303 g/mol. The first kappa shape index (κ1) is 15.2. The number of benzene rings is 2. The van der Waals surface area contributed by atoms with Crippen LogP contribution < -0.4 is 4.74 Å². The molecule has 0 heterocycles. The second kappa shape index (κ2) is 6.99. The lowest BCUT2D eigenvalue weighted by Gasteiger charge is -2.03. The maximum absolute atomic E-state index is 10.9. The molecule has 0 atom stereocenters. The molecule has 0 fully saturated rings. The van der Waals surface area contributed by atoms with Crippen LogP contribution in [0.3, 0.4) is 0 Å². The molecule has 0 amide bonds. The van der Waals surface area contributed by atoms with Crippen LogP contribution in [-0.2, 0) is 6.54 Å². The molecular formula is C16H15ClN2O2. The van der Waals surface area contributed by atoms with E-state index in [4.69, 9.17) is 16.3 Å². The van der Waals surface area contributed by atoms with E-state index in [-0.39, 0.29) is 0 Å². The minimum atomic E-state index is 0.373. The van der Waals surface area contributed by atoms with Crippen molar-refractivity contribution >= 4 is 23.5 Å². The number of hydrogen-bond donors (Lipinski definition) is 0. The van der Waals surface area contributed by atoms with Gasteiger partial charge < -0.3 is 4.74 Å². The van der Waals surface area contributed by atoms with Gasteiger partial charge in [0.15, 0.2) is 0 Å². The van der Waals surface area contributed by atoms with E-state index in [1.165, 1.54) is 0 Å². The topological polar surface area (TPSA) is 51.0 Å². The van der Waals surface area contributed by atoms with E-state index in [9.17, 15) is 4.91 Å². The Balaban J connectivity index is 2.15. The summed E-state index contributed by atoms with van der Waals surface area (Å²) in [5.41, 5.74) is 2.79. The number of aliphatic imine (C=N–C) groups is 1.